The summed E-state index contributed by atoms with van der Waals surface area (Å²) in [6, 6.07) is 99.6. The lowest BCUT2D eigenvalue weighted by molar-refractivity contribution is 0.447. The highest BCUT2D eigenvalue weighted by atomic mass is 16.5. The van der Waals surface area contributed by atoms with Crippen LogP contribution in [-0.4, -0.2) is 0 Å². The van der Waals surface area contributed by atoms with Gasteiger partial charge in [0.1, 0.15) is 11.5 Å². The first-order chi connectivity index (χ1) is 35.2. The lowest BCUT2D eigenvalue weighted by Gasteiger charge is -2.40. The zero-order valence-electron chi connectivity index (χ0n) is 38.8. The summed E-state index contributed by atoms with van der Waals surface area (Å²) in [5.74, 6) is 1.84. The fraction of sp³-hybridized carbons (Fsp3) is 0.0145. The van der Waals surface area contributed by atoms with Crippen LogP contribution in [0.1, 0.15) is 22.3 Å². The molecule has 0 radical (unpaired) electrons. The Morgan fingerprint density at radius 2 is 0.718 bits per heavy atom. The molecule has 2 nitrogen and oxygen atoms in total. The molecule has 2 heteroatoms. The van der Waals surface area contributed by atoms with E-state index in [-0.39, 0.29) is 0 Å². The molecule has 0 saturated heterocycles. The van der Waals surface area contributed by atoms with E-state index in [0.29, 0.717) is 0 Å². The van der Waals surface area contributed by atoms with Gasteiger partial charge < -0.3 is 9.64 Å². The first-order valence-electron chi connectivity index (χ1n) is 24.5. The average Bonchev–Trinajstić information content (AvgIpc) is 3.75. The van der Waals surface area contributed by atoms with Crippen molar-refractivity contribution in [1.82, 2.24) is 0 Å². The fourth-order valence-corrected chi connectivity index (χ4v) is 11.8. The summed E-state index contributed by atoms with van der Waals surface area (Å²) in [6.07, 6.45) is 0. The van der Waals surface area contributed by atoms with Crippen LogP contribution in [-0.2, 0) is 5.41 Å². The van der Waals surface area contributed by atoms with Gasteiger partial charge in [-0.25, -0.2) is 0 Å². The Morgan fingerprint density at radius 1 is 0.268 bits per heavy atom. The lowest BCUT2D eigenvalue weighted by Crippen LogP contribution is -2.32. The van der Waals surface area contributed by atoms with E-state index in [1.54, 1.807) is 0 Å². The van der Waals surface area contributed by atoms with E-state index >= 15 is 0 Å². The van der Waals surface area contributed by atoms with Gasteiger partial charge in [-0.1, -0.05) is 237 Å². The topological polar surface area (TPSA) is 12.5 Å². The van der Waals surface area contributed by atoms with Crippen molar-refractivity contribution in [3.63, 3.8) is 0 Å². The summed E-state index contributed by atoms with van der Waals surface area (Å²) in [6.45, 7) is 0. The van der Waals surface area contributed by atoms with Gasteiger partial charge in [0, 0.05) is 39.0 Å². The Morgan fingerprint density at radius 3 is 1.35 bits per heavy atom. The molecule has 12 aromatic rings. The third kappa shape index (κ3) is 6.42. The summed E-state index contributed by atoms with van der Waals surface area (Å²) >= 11 is 0. The molecule has 332 valence electrons. The van der Waals surface area contributed by atoms with Crippen LogP contribution in [0.15, 0.2) is 273 Å². The maximum absolute atomic E-state index is 7.25. The van der Waals surface area contributed by atoms with Crippen molar-refractivity contribution >= 4 is 38.6 Å². The van der Waals surface area contributed by atoms with Crippen LogP contribution >= 0.6 is 0 Å². The molecule has 71 heavy (non-hydrogen) atoms. The first kappa shape index (κ1) is 40.8. The van der Waals surface area contributed by atoms with Crippen molar-refractivity contribution in [2.75, 3.05) is 4.90 Å². The molecule has 12 aromatic carbocycles. The van der Waals surface area contributed by atoms with E-state index in [4.69, 9.17) is 4.74 Å². The molecule has 14 rings (SSSR count). The number of fused-ring (bicyclic) bond motifs is 13. The predicted molar refractivity (Wildman–Crippen MR) is 295 cm³/mol. The number of nitrogens with zero attached hydrogens (tertiary/aromatic N) is 1. The van der Waals surface area contributed by atoms with Crippen LogP contribution in [0.25, 0.3) is 77.2 Å². The summed E-state index contributed by atoms with van der Waals surface area (Å²) in [7, 11) is 0. The lowest BCUT2D eigenvalue weighted by atomic mass is 9.65. The zero-order chi connectivity index (χ0) is 46.9. The molecule has 0 fully saturated rings. The molecule has 0 atom stereocenters. The Hall–Kier alpha value is -9.24. The molecule has 1 aliphatic carbocycles. The maximum atomic E-state index is 7.25. The van der Waals surface area contributed by atoms with Gasteiger partial charge in [0.25, 0.3) is 0 Å². The number of hydrogen-bond donors (Lipinski definition) is 0. The highest BCUT2D eigenvalue weighted by Gasteiger charge is 2.52. The second-order valence-electron chi connectivity index (χ2n) is 18.7. The van der Waals surface area contributed by atoms with Gasteiger partial charge in [-0.2, -0.15) is 0 Å². The minimum atomic E-state index is -0.635. The van der Waals surface area contributed by atoms with E-state index < -0.39 is 5.41 Å². The van der Waals surface area contributed by atoms with E-state index in [0.717, 1.165) is 66.8 Å². The van der Waals surface area contributed by atoms with Gasteiger partial charge in [0.05, 0.1) is 5.41 Å². The van der Waals surface area contributed by atoms with Crippen molar-refractivity contribution in [3.05, 3.63) is 295 Å². The number of hydrogen-bond acceptors (Lipinski definition) is 2. The van der Waals surface area contributed by atoms with Gasteiger partial charge >= 0.3 is 0 Å². The maximum Gasteiger partial charge on any atom is 0.140 e. The molecule has 1 aliphatic heterocycles. The second-order valence-corrected chi connectivity index (χ2v) is 18.7. The van der Waals surface area contributed by atoms with Crippen molar-refractivity contribution in [1.29, 1.82) is 0 Å². The number of benzene rings is 12. The summed E-state index contributed by atoms with van der Waals surface area (Å²) in [4.78, 5) is 2.39. The summed E-state index contributed by atoms with van der Waals surface area (Å²) in [5.41, 5.74) is 19.5. The largest absolute Gasteiger partial charge is 0.455 e. The number of anilines is 3. The molecule has 0 amide bonds. The third-order valence-corrected chi connectivity index (χ3v) is 14.9. The Bertz CT molecular complexity index is 3920. The molecule has 1 heterocycles. The van der Waals surface area contributed by atoms with E-state index in [9.17, 15) is 0 Å². The van der Waals surface area contributed by atoms with E-state index in [1.807, 2.05) is 0 Å². The number of rotatable bonds is 7. The minimum Gasteiger partial charge on any atom is -0.455 e. The van der Waals surface area contributed by atoms with Crippen LogP contribution in [0.2, 0.25) is 0 Å². The van der Waals surface area contributed by atoms with Crippen molar-refractivity contribution in [3.8, 4) is 67.1 Å². The standard InChI is InChI=1S/C69H45NO/c1-3-17-46(18-4-1)47-33-39-53(40-34-47)70(54-41-35-51(36-42-54)57-26-12-11-25-56(57)48-19-5-2-6-20-48)55-24-15-23-52(45-55)58-30-16-32-63-66(58)61-29-13-14-31-62(61)69(63)64-43-37-49-21-7-9-27-59(49)67(64)71-68-60-28-10-8-22-50(60)38-44-65(68)69/h1-45H. The van der Waals surface area contributed by atoms with Gasteiger partial charge in [0.15, 0.2) is 0 Å². The molecular weight excluding hydrogens is 859 g/mol. The minimum absolute atomic E-state index is 0.635. The summed E-state index contributed by atoms with van der Waals surface area (Å²) in [5, 5.41) is 4.55. The molecule has 1 spiro atoms. The van der Waals surface area contributed by atoms with Crippen LogP contribution in [0, 0.1) is 0 Å². The number of ether oxygens (including phenoxy) is 1. The van der Waals surface area contributed by atoms with Crippen LogP contribution in [0.3, 0.4) is 0 Å². The molecule has 0 saturated carbocycles. The SMILES string of the molecule is c1ccc(-c2ccc(N(c3ccc(-c4ccccc4-c4ccccc4)cc3)c3cccc(-c4cccc5c4-c4ccccc4C54c5ccc6ccccc6c5Oc5c4ccc4ccccc54)c3)cc2)cc1. The fourth-order valence-electron chi connectivity index (χ4n) is 11.8. The van der Waals surface area contributed by atoms with Crippen LogP contribution < -0.4 is 9.64 Å². The molecule has 0 N–H and O–H groups in total. The Balaban J connectivity index is 0.950. The quantitative estimate of drug-likeness (QED) is 0.158. The average molecular weight is 904 g/mol. The third-order valence-electron chi connectivity index (χ3n) is 14.9. The second kappa shape index (κ2) is 16.5. The monoisotopic (exact) mass is 903 g/mol. The molecule has 0 unspecified atom stereocenters. The van der Waals surface area contributed by atoms with Crippen molar-refractivity contribution in [2.45, 2.75) is 5.41 Å². The van der Waals surface area contributed by atoms with Crippen LogP contribution in [0.4, 0.5) is 17.1 Å². The molecule has 2 aliphatic rings. The highest BCUT2D eigenvalue weighted by Crippen LogP contribution is 2.65. The smallest absolute Gasteiger partial charge is 0.140 e. The summed E-state index contributed by atoms with van der Waals surface area (Å²) < 4.78 is 7.25. The predicted octanol–water partition coefficient (Wildman–Crippen LogP) is 18.6. The van der Waals surface area contributed by atoms with Crippen molar-refractivity contribution < 1.29 is 4.74 Å². The molecule has 0 aromatic heterocycles. The zero-order valence-corrected chi connectivity index (χ0v) is 38.8. The van der Waals surface area contributed by atoms with Gasteiger partial charge in [-0.05, 0) is 114 Å². The van der Waals surface area contributed by atoms with Gasteiger partial charge in [-0.3, -0.25) is 0 Å². The molecular formula is C69H45NO. The Labute approximate surface area is 414 Å². The highest BCUT2D eigenvalue weighted by molar-refractivity contribution is 6.02. The van der Waals surface area contributed by atoms with E-state index in [1.165, 1.54) is 61.2 Å². The van der Waals surface area contributed by atoms with E-state index in [2.05, 4.69) is 278 Å². The van der Waals surface area contributed by atoms with Gasteiger partial charge in [-0.15, -0.1) is 0 Å². The van der Waals surface area contributed by atoms with Crippen LogP contribution in [0.5, 0.6) is 11.5 Å². The Kier molecular flexibility index (Phi) is 9.47. The normalized spacial score (nSPS) is 12.7. The first-order valence-corrected chi connectivity index (χ1v) is 24.5. The molecule has 0 bridgehead atoms. The van der Waals surface area contributed by atoms with Gasteiger partial charge in [0.2, 0.25) is 0 Å². The van der Waals surface area contributed by atoms with Crippen molar-refractivity contribution in [2.24, 2.45) is 0 Å².